The van der Waals surface area contributed by atoms with E-state index in [-0.39, 0.29) is 23.8 Å². The number of aromatic nitrogens is 1. The lowest BCUT2D eigenvalue weighted by Crippen LogP contribution is -2.46. The van der Waals surface area contributed by atoms with Crippen LogP contribution in [0, 0.1) is 0 Å². The maximum Gasteiger partial charge on any atom is 0.431 e. The van der Waals surface area contributed by atoms with Crippen molar-refractivity contribution in [3.8, 4) is 0 Å². The summed E-state index contributed by atoms with van der Waals surface area (Å²) in [6.07, 6.45) is 0.390. The monoisotopic (exact) mass is 374 g/mol. The number of halogens is 3. The molecule has 0 radical (unpaired) electrons. The maximum absolute atomic E-state index is 12.6. The predicted octanol–water partition coefficient (Wildman–Crippen LogP) is 3.64. The van der Waals surface area contributed by atoms with Crippen molar-refractivity contribution in [2.45, 2.75) is 76.8 Å². The van der Waals surface area contributed by atoms with Crippen LogP contribution in [-0.4, -0.2) is 29.1 Å². The van der Waals surface area contributed by atoms with Crippen molar-refractivity contribution in [1.82, 2.24) is 10.3 Å². The highest BCUT2D eigenvalue weighted by atomic mass is 19.4. The van der Waals surface area contributed by atoms with Gasteiger partial charge in [-0.3, -0.25) is 9.59 Å². The molecule has 26 heavy (non-hydrogen) atoms. The third-order valence-corrected chi connectivity index (χ3v) is 4.50. The zero-order chi connectivity index (χ0) is 19.3. The minimum atomic E-state index is -4.66. The number of nitrogens with one attached hydrogen (secondary N) is 2. The summed E-state index contributed by atoms with van der Waals surface area (Å²) in [4.78, 5) is 26.0. The Hall–Kier alpha value is -1.83. The third-order valence-electron chi connectivity index (χ3n) is 4.50. The quantitative estimate of drug-likeness (QED) is 0.799. The number of alkyl halides is 3. The van der Waals surface area contributed by atoms with Gasteiger partial charge in [0.1, 0.15) is 11.3 Å². The first-order valence-electron chi connectivity index (χ1n) is 9.01. The van der Waals surface area contributed by atoms with Crippen LogP contribution in [-0.2, 0) is 10.9 Å². The summed E-state index contributed by atoms with van der Waals surface area (Å²) >= 11 is 0. The Morgan fingerprint density at radius 3 is 2.23 bits per heavy atom. The summed E-state index contributed by atoms with van der Waals surface area (Å²) < 4.78 is 43.9. The molecule has 1 aromatic rings. The lowest BCUT2D eigenvalue weighted by molar-refractivity contribution is -0.141. The summed E-state index contributed by atoms with van der Waals surface area (Å²) in [6, 6.07) is 1.47. The molecule has 3 atom stereocenters. The minimum absolute atomic E-state index is 0.0430. The van der Waals surface area contributed by atoms with E-state index in [1.807, 2.05) is 0 Å². The molecule has 1 aliphatic heterocycles. The molecule has 0 aromatic carbocycles. The molecule has 2 rings (SSSR count). The molecule has 8 heteroatoms. The minimum Gasteiger partial charge on any atom is -0.375 e. The van der Waals surface area contributed by atoms with Crippen LogP contribution in [0.15, 0.2) is 16.9 Å². The van der Waals surface area contributed by atoms with Gasteiger partial charge in [0, 0.05) is 6.04 Å². The second kappa shape index (κ2) is 8.70. The van der Waals surface area contributed by atoms with E-state index < -0.39 is 23.3 Å². The fraction of sp³-hybridized carbons (Fsp3) is 0.667. The molecule has 1 saturated heterocycles. The zero-order valence-electron chi connectivity index (χ0n) is 15.0. The summed E-state index contributed by atoms with van der Waals surface area (Å²) in [6.45, 7) is 4.12. The van der Waals surface area contributed by atoms with Crippen molar-refractivity contribution in [2.75, 3.05) is 0 Å². The predicted molar refractivity (Wildman–Crippen MR) is 91.0 cm³/mol. The van der Waals surface area contributed by atoms with E-state index in [1.165, 1.54) is 0 Å². The van der Waals surface area contributed by atoms with Gasteiger partial charge in [-0.2, -0.15) is 13.2 Å². The first kappa shape index (κ1) is 20.5. The lowest BCUT2D eigenvalue weighted by atomic mass is 9.94. The number of aromatic amines is 1. The van der Waals surface area contributed by atoms with Crippen LogP contribution in [0.5, 0.6) is 0 Å². The molecule has 5 nitrogen and oxygen atoms in total. The number of hydrogen-bond acceptors (Lipinski definition) is 3. The fourth-order valence-electron chi connectivity index (χ4n) is 3.33. The van der Waals surface area contributed by atoms with Crippen molar-refractivity contribution in [1.29, 1.82) is 0 Å². The van der Waals surface area contributed by atoms with Crippen molar-refractivity contribution < 1.29 is 22.7 Å². The van der Waals surface area contributed by atoms with E-state index >= 15 is 0 Å². The van der Waals surface area contributed by atoms with Gasteiger partial charge in [-0.1, -0.05) is 26.7 Å². The number of amides is 1. The van der Waals surface area contributed by atoms with Crippen molar-refractivity contribution >= 4 is 5.91 Å². The first-order chi connectivity index (χ1) is 12.2. The fourth-order valence-corrected chi connectivity index (χ4v) is 3.33. The molecule has 2 heterocycles. The van der Waals surface area contributed by atoms with Gasteiger partial charge in [-0.15, -0.1) is 0 Å². The van der Waals surface area contributed by atoms with Crippen LogP contribution in [0.1, 0.15) is 68.4 Å². The van der Waals surface area contributed by atoms with Crippen molar-refractivity contribution in [2.24, 2.45) is 0 Å². The van der Waals surface area contributed by atoms with Crippen LogP contribution in [0.3, 0.4) is 0 Å². The molecule has 2 N–H and O–H groups in total. The normalized spacial score (nSPS) is 23.7. The first-order valence-corrected chi connectivity index (χ1v) is 9.01. The topological polar surface area (TPSA) is 71.2 Å². The van der Waals surface area contributed by atoms with Gasteiger partial charge in [0.25, 0.3) is 11.5 Å². The molecule has 1 amide bonds. The van der Waals surface area contributed by atoms with Gasteiger partial charge in [0.05, 0.1) is 12.2 Å². The van der Waals surface area contributed by atoms with Gasteiger partial charge in [0.2, 0.25) is 0 Å². The average Bonchev–Trinajstić information content (AvgIpc) is 2.54. The standard InChI is InChI=1S/C18H25F3N2O3/c1-3-5-12-9-11(10-13(26-12)6-4-2)22-16(24)14-7-8-15(18(19,20)21)23-17(14)25/h7-8,11-13H,3-6,9-10H2,1-2H3,(H,22,24)(H,23,25)/t11?,12-,13?/m0/s1. The van der Waals surface area contributed by atoms with E-state index in [2.05, 4.69) is 19.2 Å². The smallest absolute Gasteiger partial charge is 0.375 e. The van der Waals surface area contributed by atoms with Gasteiger partial charge in [0.15, 0.2) is 0 Å². The lowest BCUT2D eigenvalue weighted by Gasteiger charge is -2.36. The van der Waals surface area contributed by atoms with Gasteiger partial charge >= 0.3 is 6.18 Å². The Kier molecular flexibility index (Phi) is 6.86. The molecule has 1 aromatic heterocycles. The molecule has 0 bridgehead atoms. The summed E-state index contributed by atoms with van der Waals surface area (Å²) in [5, 5.41) is 2.79. The van der Waals surface area contributed by atoms with Gasteiger partial charge in [-0.25, -0.2) is 0 Å². The number of ether oxygens (including phenoxy) is 1. The zero-order valence-corrected chi connectivity index (χ0v) is 15.0. The van der Waals surface area contributed by atoms with E-state index in [9.17, 15) is 22.8 Å². The Morgan fingerprint density at radius 2 is 1.77 bits per heavy atom. The van der Waals surface area contributed by atoms with Crippen molar-refractivity contribution in [3.05, 3.63) is 33.7 Å². The molecule has 0 spiro atoms. The highest BCUT2D eigenvalue weighted by molar-refractivity contribution is 5.94. The molecule has 0 aliphatic carbocycles. The summed E-state index contributed by atoms with van der Waals surface area (Å²) in [5.74, 6) is -0.655. The molecule has 0 saturated carbocycles. The third kappa shape index (κ3) is 5.33. The van der Waals surface area contributed by atoms with Crippen molar-refractivity contribution in [3.63, 3.8) is 0 Å². The maximum atomic E-state index is 12.6. The van der Waals surface area contributed by atoms with Crippen LogP contribution in [0.2, 0.25) is 0 Å². The number of rotatable bonds is 6. The second-order valence-electron chi connectivity index (χ2n) is 6.71. The Labute approximate surface area is 150 Å². The molecule has 1 fully saturated rings. The van der Waals surface area contributed by atoms with Gasteiger partial charge < -0.3 is 15.0 Å². The Balaban J connectivity index is 2.09. The van der Waals surface area contributed by atoms with Crippen LogP contribution < -0.4 is 10.9 Å². The number of hydrogen-bond donors (Lipinski definition) is 2. The molecule has 146 valence electrons. The summed E-state index contributed by atoms with van der Waals surface area (Å²) in [5.41, 5.74) is -2.53. The highest BCUT2D eigenvalue weighted by Crippen LogP contribution is 2.27. The average molecular weight is 374 g/mol. The largest absolute Gasteiger partial charge is 0.431 e. The molecule has 1 aliphatic rings. The number of pyridine rings is 1. The molecular formula is C18H25F3N2O3. The van der Waals surface area contributed by atoms with Crippen LogP contribution in [0.4, 0.5) is 13.2 Å². The number of H-pyrrole nitrogens is 1. The SMILES string of the molecule is CCCC1CC(NC(=O)c2ccc(C(F)(F)F)[nH]c2=O)C[C@H](CCC)O1. The highest BCUT2D eigenvalue weighted by Gasteiger charge is 2.33. The van der Waals surface area contributed by atoms with Gasteiger partial charge in [-0.05, 0) is 37.8 Å². The van der Waals surface area contributed by atoms with E-state index in [0.717, 1.165) is 31.7 Å². The van der Waals surface area contributed by atoms with Crippen LogP contribution in [0.25, 0.3) is 0 Å². The Bertz CT molecular complexity index is 658. The molecular weight excluding hydrogens is 349 g/mol. The van der Waals surface area contributed by atoms with Crippen LogP contribution >= 0.6 is 0 Å². The number of carbonyl (C=O) groups excluding carboxylic acids is 1. The van der Waals surface area contributed by atoms with E-state index in [0.29, 0.717) is 18.9 Å². The summed E-state index contributed by atoms with van der Waals surface area (Å²) in [7, 11) is 0. The van der Waals surface area contributed by atoms with E-state index in [4.69, 9.17) is 4.74 Å². The second-order valence-corrected chi connectivity index (χ2v) is 6.71. The Morgan fingerprint density at radius 1 is 1.19 bits per heavy atom. The number of carbonyl (C=O) groups is 1. The molecule has 2 unspecified atom stereocenters. The van der Waals surface area contributed by atoms with E-state index in [1.54, 1.807) is 4.98 Å².